The second-order valence-corrected chi connectivity index (χ2v) is 4.09. The fourth-order valence-electron chi connectivity index (χ4n) is 1.79. The fraction of sp³-hybridized carbons (Fsp3) is 0.286. The molecule has 0 bridgehead atoms. The van der Waals surface area contributed by atoms with Gasteiger partial charge in [-0.15, -0.1) is 0 Å². The van der Waals surface area contributed by atoms with Crippen molar-refractivity contribution in [3.63, 3.8) is 0 Å². The number of hydrogen-bond acceptors (Lipinski definition) is 4. The molecule has 0 amide bonds. The molecule has 5 nitrogen and oxygen atoms in total. The monoisotopic (exact) mass is 260 g/mol. The van der Waals surface area contributed by atoms with Gasteiger partial charge in [-0.2, -0.15) is 5.10 Å². The molecule has 19 heavy (non-hydrogen) atoms. The van der Waals surface area contributed by atoms with E-state index in [0.717, 1.165) is 16.9 Å². The van der Waals surface area contributed by atoms with Crippen LogP contribution in [0.5, 0.6) is 5.75 Å². The molecular formula is C14H16N2O3. The Kier molecular flexibility index (Phi) is 3.85. The molecule has 0 fully saturated rings. The van der Waals surface area contributed by atoms with Crippen LogP contribution in [0, 0.1) is 6.92 Å². The van der Waals surface area contributed by atoms with Crippen molar-refractivity contribution in [3.05, 3.63) is 35.5 Å². The summed E-state index contributed by atoms with van der Waals surface area (Å²) < 4.78 is 10.2. The molecular weight excluding hydrogens is 244 g/mol. The summed E-state index contributed by atoms with van der Waals surface area (Å²) in [6.45, 7) is 4.50. The second kappa shape index (κ2) is 5.56. The number of benzene rings is 1. The number of hydrogen-bond donors (Lipinski definition) is 1. The van der Waals surface area contributed by atoms with Gasteiger partial charge < -0.3 is 9.47 Å². The minimum absolute atomic E-state index is 0.320. The molecule has 0 aliphatic carbocycles. The number of aryl methyl sites for hydroxylation is 1. The summed E-state index contributed by atoms with van der Waals surface area (Å²) in [6, 6.07) is 7.51. The zero-order valence-corrected chi connectivity index (χ0v) is 11.2. The van der Waals surface area contributed by atoms with Crippen LogP contribution >= 0.6 is 0 Å². The van der Waals surface area contributed by atoms with Crippen LogP contribution in [0.4, 0.5) is 0 Å². The van der Waals surface area contributed by atoms with Crippen LogP contribution in [0.2, 0.25) is 0 Å². The van der Waals surface area contributed by atoms with Crippen molar-refractivity contribution in [2.75, 3.05) is 13.7 Å². The summed E-state index contributed by atoms with van der Waals surface area (Å²) in [7, 11) is 1.33. The lowest BCUT2D eigenvalue weighted by molar-refractivity contribution is 0.0594. The van der Waals surface area contributed by atoms with Crippen molar-refractivity contribution in [1.29, 1.82) is 0 Å². The van der Waals surface area contributed by atoms with E-state index in [-0.39, 0.29) is 0 Å². The van der Waals surface area contributed by atoms with Crippen LogP contribution in [-0.4, -0.2) is 29.9 Å². The van der Waals surface area contributed by atoms with E-state index in [0.29, 0.717) is 18.0 Å². The third kappa shape index (κ3) is 2.76. The van der Waals surface area contributed by atoms with Crippen molar-refractivity contribution in [1.82, 2.24) is 10.2 Å². The lowest BCUT2D eigenvalue weighted by atomic mass is 10.1. The van der Waals surface area contributed by atoms with Crippen LogP contribution in [0.1, 0.15) is 23.0 Å². The average molecular weight is 260 g/mol. The molecule has 2 rings (SSSR count). The molecule has 0 radical (unpaired) electrons. The molecule has 0 aliphatic heterocycles. The number of rotatable bonds is 4. The van der Waals surface area contributed by atoms with E-state index >= 15 is 0 Å². The summed E-state index contributed by atoms with van der Waals surface area (Å²) in [4.78, 5) is 11.4. The Hall–Kier alpha value is -2.30. The number of aromatic amines is 1. The third-order valence-corrected chi connectivity index (χ3v) is 2.70. The third-order valence-electron chi connectivity index (χ3n) is 2.70. The first kappa shape index (κ1) is 13.1. The van der Waals surface area contributed by atoms with Crippen molar-refractivity contribution < 1.29 is 14.3 Å². The van der Waals surface area contributed by atoms with Gasteiger partial charge in [-0.3, -0.25) is 5.10 Å². The number of esters is 1. The molecule has 0 aliphatic rings. The predicted octanol–water partition coefficient (Wildman–Crippen LogP) is 2.57. The molecule has 1 aromatic heterocycles. The highest BCUT2D eigenvalue weighted by Crippen LogP contribution is 2.30. The SMILES string of the molecule is CCOc1cc(C)ccc1-c1cc(C(=O)OC)[nH]n1. The van der Waals surface area contributed by atoms with Gasteiger partial charge in [0.25, 0.3) is 0 Å². The smallest absolute Gasteiger partial charge is 0.356 e. The molecule has 5 heteroatoms. The number of nitrogens with zero attached hydrogens (tertiary/aromatic N) is 1. The van der Waals surface area contributed by atoms with Gasteiger partial charge in [-0.05, 0) is 37.6 Å². The van der Waals surface area contributed by atoms with Gasteiger partial charge in [-0.1, -0.05) is 6.07 Å². The quantitative estimate of drug-likeness (QED) is 0.858. The first-order chi connectivity index (χ1) is 9.15. The first-order valence-corrected chi connectivity index (χ1v) is 6.03. The highest BCUT2D eigenvalue weighted by atomic mass is 16.5. The van der Waals surface area contributed by atoms with Gasteiger partial charge in [0.2, 0.25) is 0 Å². The van der Waals surface area contributed by atoms with E-state index < -0.39 is 5.97 Å². The van der Waals surface area contributed by atoms with Crippen LogP contribution < -0.4 is 4.74 Å². The van der Waals surface area contributed by atoms with Crippen LogP contribution in [0.3, 0.4) is 0 Å². The Morgan fingerprint density at radius 3 is 2.84 bits per heavy atom. The van der Waals surface area contributed by atoms with Gasteiger partial charge in [0.15, 0.2) is 0 Å². The van der Waals surface area contributed by atoms with Crippen molar-refractivity contribution in [2.45, 2.75) is 13.8 Å². The molecule has 1 heterocycles. The topological polar surface area (TPSA) is 64.2 Å². The van der Waals surface area contributed by atoms with E-state index in [9.17, 15) is 4.79 Å². The molecule has 0 spiro atoms. The van der Waals surface area contributed by atoms with Crippen LogP contribution in [0.15, 0.2) is 24.3 Å². The van der Waals surface area contributed by atoms with E-state index in [1.54, 1.807) is 6.07 Å². The Labute approximate surface area is 111 Å². The molecule has 0 unspecified atom stereocenters. The summed E-state index contributed by atoms with van der Waals surface area (Å²) in [5.74, 6) is 0.314. The zero-order valence-electron chi connectivity index (χ0n) is 11.2. The normalized spacial score (nSPS) is 10.3. The minimum Gasteiger partial charge on any atom is -0.493 e. The highest BCUT2D eigenvalue weighted by molar-refractivity contribution is 5.88. The number of methoxy groups -OCH3 is 1. The highest BCUT2D eigenvalue weighted by Gasteiger charge is 2.14. The minimum atomic E-state index is -0.441. The average Bonchev–Trinajstić information content (AvgIpc) is 2.88. The number of H-pyrrole nitrogens is 1. The molecule has 100 valence electrons. The summed E-state index contributed by atoms with van der Waals surface area (Å²) in [5, 5.41) is 6.78. The maximum absolute atomic E-state index is 11.4. The number of carbonyl (C=O) groups excluding carboxylic acids is 1. The molecule has 1 aromatic carbocycles. The first-order valence-electron chi connectivity index (χ1n) is 6.03. The van der Waals surface area contributed by atoms with Gasteiger partial charge in [0.05, 0.1) is 19.4 Å². The summed E-state index contributed by atoms with van der Waals surface area (Å²) in [6.07, 6.45) is 0. The van der Waals surface area contributed by atoms with Gasteiger partial charge in [0.1, 0.15) is 11.4 Å². The number of ether oxygens (including phenoxy) is 2. The van der Waals surface area contributed by atoms with Crippen molar-refractivity contribution >= 4 is 5.97 Å². The summed E-state index contributed by atoms with van der Waals surface area (Å²) in [5.41, 5.74) is 2.93. The molecule has 0 saturated heterocycles. The maximum Gasteiger partial charge on any atom is 0.356 e. The van der Waals surface area contributed by atoms with E-state index in [1.807, 2.05) is 32.0 Å². The van der Waals surface area contributed by atoms with Gasteiger partial charge in [-0.25, -0.2) is 4.79 Å². The van der Waals surface area contributed by atoms with Crippen LogP contribution in [-0.2, 0) is 4.74 Å². The van der Waals surface area contributed by atoms with E-state index in [4.69, 9.17) is 4.74 Å². The number of aromatic nitrogens is 2. The fourth-order valence-corrected chi connectivity index (χ4v) is 1.79. The Bertz CT molecular complexity index is 590. The van der Waals surface area contributed by atoms with E-state index in [1.165, 1.54) is 7.11 Å². The predicted molar refractivity (Wildman–Crippen MR) is 71.3 cm³/mol. The Morgan fingerprint density at radius 1 is 1.37 bits per heavy atom. The Balaban J connectivity index is 2.40. The maximum atomic E-state index is 11.4. The standard InChI is InChI=1S/C14H16N2O3/c1-4-19-13-7-9(2)5-6-10(13)11-8-12(16-15-11)14(17)18-3/h5-8H,4H2,1-3H3,(H,15,16). The van der Waals surface area contributed by atoms with Gasteiger partial charge >= 0.3 is 5.97 Å². The number of nitrogens with one attached hydrogen (secondary N) is 1. The molecule has 2 aromatic rings. The van der Waals surface area contributed by atoms with Crippen molar-refractivity contribution in [3.8, 4) is 17.0 Å². The molecule has 1 N–H and O–H groups in total. The molecule has 0 atom stereocenters. The van der Waals surface area contributed by atoms with E-state index in [2.05, 4.69) is 14.9 Å². The lowest BCUT2D eigenvalue weighted by Gasteiger charge is -2.08. The van der Waals surface area contributed by atoms with Crippen LogP contribution in [0.25, 0.3) is 11.3 Å². The Morgan fingerprint density at radius 2 is 2.16 bits per heavy atom. The zero-order chi connectivity index (χ0) is 13.8. The number of carbonyl (C=O) groups is 1. The summed E-state index contributed by atoms with van der Waals surface area (Å²) >= 11 is 0. The lowest BCUT2D eigenvalue weighted by Crippen LogP contribution is -2.00. The van der Waals surface area contributed by atoms with Gasteiger partial charge in [0, 0.05) is 5.56 Å². The second-order valence-electron chi connectivity index (χ2n) is 4.09. The largest absolute Gasteiger partial charge is 0.493 e. The molecule has 0 saturated carbocycles. The van der Waals surface area contributed by atoms with Crippen molar-refractivity contribution in [2.24, 2.45) is 0 Å².